The second kappa shape index (κ2) is 9.20. The number of urea groups is 1. The molecule has 1 aromatic heterocycles. The third kappa shape index (κ3) is 5.22. The Kier molecular flexibility index (Phi) is 6.85. The van der Waals surface area contributed by atoms with Crippen molar-refractivity contribution in [1.82, 2.24) is 15.3 Å². The van der Waals surface area contributed by atoms with Crippen LogP contribution in [0.2, 0.25) is 0 Å². The van der Waals surface area contributed by atoms with Crippen molar-refractivity contribution in [2.24, 2.45) is 0 Å². The summed E-state index contributed by atoms with van der Waals surface area (Å²) in [6.45, 7) is 6.09. The van der Waals surface area contributed by atoms with Crippen molar-refractivity contribution in [3.8, 4) is 0 Å². The normalized spacial score (nSPS) is 19.4. The number of aromatic nitrogens is 2. The van der Waals surface area contributed by atoms with E-state index in [1.54, 1.807) is 0 Å². The summed E-state index contributed by atoms with van der Waals surface area (Å²) in [5.41, 5.74) is 0.684. The molecule has 7 nitrogen and oxygen atoms in total. The first kappa shape index (κ1) is 22.3. The van der Waals surface area contributed by atoms with E-state index in [0.29, 0.717) is 5.95 Å². The lowest BCUT2D eigenvalue weighted by Gasteiger charge is -2.28. The molecule has 1 aliphatic rings. The highest BCUT2D eigenvalue weighted by Crippen LogP contribution is 2.27. The molecule has 0 aliphatic heterocycles. The van der Waals surface area contributed by atoms with Crippen LogP contribution >= 0.6 is 0 Å². The Morgan fingerprint density at radius 2 is 1.87 bits per heavy atom. The fourth-order valence-corrected chi connectivity index (χ4v) is 3.96. The average molecular weight is 430 g/mol. The highest BCUT2D eigenvalue weighted by molar-refractivity contribution is 7.44. The number of fused-ring (bicyclic) bond motifs is 1. The largest absolute Gasteiger partial charge is 0.503 e. The monoisotopic (exact) mass is 429 g/mol. The summed E-state index contributed by atoms with van der Waals surface area (Å²) in [6.07, 6.45) is 4.45. The van der Waals surface area contributed by atoms with Crippen LogP contribution in [0.3, 0.4) is 0 Å². The van der Waals surface area contributed by atoms with E-state index in [0.717, 1.165) is 48.8 Å². The molecule has 2 aromatic rings. The van der Waals surface area contributed by atoms with E-state index in [1.165, 1.54) is 3.95 Å². The fraction of sp³-hybridized carbons (Fsp3) is 0.591. The highest BCUT2D eigenvalue weighted by atomic mass is 32.1. The number of para-hydroxylation sites is 1. The quantitative estimate of drug-likeness (QED) is 0.675. The summed E-state index contributed by atoms with van der Waals surface area (Å²) in [7, 11) is 3.99. The van der Waals surface area contributed by atoms with Gasteiger partial charge in [-0.25, -0.2) is 10.3 Å². The van der Waals surface area contributed by atoms with Crippen LogP contribution in [0.4, 0.5) is 16.6 Å². The van der Waals surface area contributed by atoms with Crippen molar-refractivity contribution < 1.29 is 8.74 Å². The van der Waals surface area contributed by atoms with Gasteiger partial charge in [0.05, 0.1) is 5.52 Å². The van der Waals surface area contributed by atoms with Gasteiger partial charge in [0.15, 0.2) is 0 Å². The molecule has 8 heteroatoms. The molecule has 0 atom stereocenters. The predicted molar refractivity (Wildman–Crippen MR) is 124 cm³/mol. The molecule has 1 aromatic carbocycles. The number of hydrogen-bond acceptors (Lipinski definition) is 6. The van der Waals surface area contributed by atoms with E-state index in [4.69, 9.17) is 22.4 Å². The van der Waals surface area contributed by atoms with Crippen molar-refractivity contribution in [2.75, 3.05) is 24.3 Å². The van der Waals surface area contributed by atoms with Crippen LogP contribution in [0, 0.1) is 0 Å². The van der Waals surface area contributed by atoms with Gasteiger partial charge in [-0.15, -0.1) is 3.95 Å². The maximum atomic E-state index is 12.5. The molecule has 0 saturated heterocycles. The summed E-state index contributed by atoms with van der Waals surface area (Å²) in [5, 5.41) is 7.57. The molecule has 2 amide bonds. The number of nitrogens with zero attached hydrogens (tertiary/aromatic N) is 4. The Bertz CT molecular complexity index is 921. The number of hydrogen-bond donors (Lipinski definition) is 2. The number of benzene rings is 1. The second-order valence-electron chi connectivity index (χ2n) is 8.93. The SMILES string of the molecule is CCC(C)(C)NC(=O)[N+](=S)C1CCC(Nc2nc(N(C)C)c3ccccc3n2)CC1. The van der Waals surface area contributed by atoms with Gasteiger partial charge in [0, 0.05) is 25.5 Å². The zero-order chi connectivity index (χ0) is 21.9. The molecule has 162 valence electrons. The van der Waals surface area contributed by atoms with Crippen LogP contribution < -0.4 is 15.5 Å². The third-order valence-corrected chi connectivity index (χ3v) is 6.36. The molecule has 0 radical (unpaired) electrons. The molecule has 2 N–H and O–H groups in total. The lowest BCUT2D eigenvalue weighted by Crippen LogP contribution is -2.49. The van der Waals surface area contributed by atoms with Gasteiger partial charge in [-0.2, -0.15) is 9.78 Å². The Balaban J connectivity index is 1.62. The predicted octanol–water partition coefficient (Wildman–Crippen LogP) is 4.06. The molecular formula is C22H33N6OS+. The van der Waals surface area contributed by atoms with Crippen LogP contribution in [0.1, 0.15) is 52.9 Å². The van der Waals surface area contributed by atoms with Gasteiger partial charge < -0.3 is 10.2 Å². The molecule has 3 rings (SSSR count). The van der Waals surface area contributed by atoms with Crippen molar-refractivity contribution in [3.63, 3.8) is 0 Å². The van der Waals surface area contributed by atoms with Gasteiger partial charge in [0.1, 0.15) is 29.8 Å². The number of rotatable bonds is 6. The summed E-state index contributed by atoms with van der Waals surface area (Å²) in [6, 6.07) is 8.25. The molecule has 1 aliphatic carbocycles. The van der Waals surface area contributed by atoms with E-state index < -0.39 is 0 Å². The number of nitrogens with one attached hydrogen (secondary N) is 2. The van der Waals surface area contributed by atoms with Gasteiger partial charge in [-0.3, -0.25) is 0 Å². The number of amides is 2. The lowest BCUT2D eigenvalue weighted by atomic mass is 9.91. The minimum Gasteiger partial charge on any atom is -0.362 e. The minimum absolute atomic E-state index is 0.0839. The summed E-state index contributed by atoms with van der Waals surface area (Å²) in [4.78, 5) is 23.9. The van der Waals surface area contributed by atoms with E-state index in [2.05, 4.69) is 17.6 Å². The zero-order valence-corrected chi connectivity index (χ0v) is 19.4. The number of carbonyl (C=O) groups is 1. The van der Waals surface area contributed by atoms with Crippen LogP contribution in [-0.2, 0) is 12.4 Å². The van der Waals surface area contributed by atoms with E-state index >= 15 is 0 Å². The maximum Gasteiger partial charge on any atom is 0.503 e. The number of anilines is 2. The first-order valence-corrected chi connectivity index (χ1v) is 11.1. The van der Waals surface area contributed by atoms with Crippen LogP contribution in [0.25, 0.3) is 10.9 Å². The van der Waals surface area contributed by atoms with Crippen LogP contribution in [0.5, 0.6) is 0 Å². The lowest BCUT2D eigenvalue weighted by molar-refractivity contribution is -0.449. The average Bonchev–Trinajstić information content (AvgIpc) is 2.72. The van der Waals surface area contributed by atoms with E-state index in [1.807, 2.05) is 57.1 Å². The van der Waals surface area contributed by atoms with Crippen molar-refractivity contribution in [2.45, 2.75) is 70.5 Å². The van der Waals surface area contributed by atoms with Gasteiger partial charge in [0.2, 0.25) is 5.95 Å². The molecule has 0 spiro atoms. The molecule has 30 heavy (non-hydrogen) atoms. The van der Waals surface area contributed by atoms with Gasteiger partial charge in [-0.1, -0.05) is 19.1 Å². The smallest absolute Gasteiger partial charge is 0.362 e. The zero-order valence-electron chi connectivity index (χ0n) is 18.6. The van der Waals surface area contributed by atoms with Gasteiger partial charge >= 0.3 is 6.03 Å². The molecule has 0 unspecified atom stereocenters. The summed E-state index contributed by atoms with van der Waals surface area (Å²) >= 11 is 5.43. The van der Waals surface area contributed by atoms with Crippen molar-refractivity contribution >= 4 is 41.1 Å². The summed E-state index contributed by atoms with van der Waals surface area (Å²) < 4.78 is 1.46. The standard InChI is InChI=1S/C22H32N6OS/c1-6-22(2,3)26-21(29)28(30)16-13-11-15(12-14-16)23-20-24-18-10-8-7-9-17(18)19(25-20)27(4)5/h7-10,15-16H,6,11-14H2,1-5H3,(H-,23,24,25,26,29)/p+1. The second-order valence-corrected chi connectivity index (χ2v) is 9.32. The molecule has 0 bridgehead atoms. The van der Waals surface area contributed by atoms with Crippen molar-refractivity contribution in [1.29, 1.82) is 0 Å². The first-order valence-electron chi connectivity index (χ1n) is 10.7. The highest BCUT2D eigenvalue weighted by Gasteiger charge is 2.34. The molecule has 1 heterocycles. The van der Waals surface area contributed by atoms with Crippen LogP contribution in [-0.4, -0.2) is 51.7 Å². The Hall–Kier alpha value is -2.35. The third-order valence-electron chi connectivity index (χ3n) is 5.90. The number of carbonyl (C=O) groups excluding carboxylic acids is 1. The summed E-state index contributed by atoms with van der Waals surface area (Å²) in [5.74, 6) is 1.56. The Morgan fingerprint density at radius 1 is 1.20 bits per heavy atom. The minimum atomic E-state index is -0.246. The molecule has 1 saturated carbocycles. The van der Waals surface area contributed by atoms with Gasteiger partial charge in [-0.05, 0) is 58.1 Å². The van der Waals surface area contributed by atoms with Gasteiger partial charge in [0.25, 0.3) is 0 Å². The van der Waals surface area contributed by atoms with E-state index in [-0.39, 0.29) is 23.7 Å². The maximum absolute atomic E-state index is 12.5. The van der Waals surface area contributed by atoms with Crippen molar-refractivity contribution in [3.05, 3.63) is 24.3 Å². The molecular weight excluding hydrogens is 396 g/mol. The van der Waals surface area contributed by atoms with E-state index in [9.17, 15) is 4.79 Å². The Labute approximate surface area is 184 Å². The first-order chi connectivity index (χ1) is 14.2. The fourth-order valence-electron chi connectivity index (χ4n) is 3.70. The molecule has 1 fully saturated rings. The Morgan fingerprint density at radius 3 is 2.50 bits per heavy atom. The van der Waals surface area contributed by atoms with Crippen LogP contribution in [0.15, 0.2) is 24.3 Å². The topological polar surface area (TPSA) is 73.2 Å².